The first-order chi connectivity index (χ1) is 7.77. The van der Waals surface area contributed by atoms with E-state index < -0.39 is 0 Å². The number of anilines is 1. The van der Waals surface area contributed by atoms with Crippen LogP contribution in [0.25, 0.3) is 0 Å². The van der Waals surface area contributed by atoms with Crippen molar-refractivity contribution < 1.29 is 4.74 Å². The van der Waals surface area contributed by atoms with E-state index in [4.69, 9.17) is 4.74 Å². The molecule has 0 spiro atoms. The second-order valence-electron chi connectivity index (χ2n) is 3.81. The SMILES string of the molecule is CCOc1cccc(N(C)CCCNC)c1. The van der Waals surface area contributed by atoms with Gasteiger partial charge in [0.1, 0.15) is 5.75 Å². The van der Waals surface area contributed by atoms with E-state index in [1.807, 2.05) is 26.1 Å². The van der Waals surface area contributed by atoms with Crippen molar-refractivity contribution in [1.29, 1.82) is 0 Å². The standard InChI is InChI=1S/C13H22N2O/c1-4-16-13-8-5-7-12(11-13)15(3)10-6-9-14-2/h5,7-8,11,14H,4,6,9-10H2,1-3H3. The predicted molar refractivity (Wildman–Crippen MR) is 69.4 cm³/mol. The molecule has 0 aliphatic heterocycles. The molecule has 0 saturated carbocycles. The Morgan fingerprint density at radius 3 is 2.88 bits per heavy atom. The number of nitrogens with zero attached hydrogens (tertiary/aromatic N) is 1. The first-order valence-corrected chi connectivity index (χ1v) is 5.86. The third-order valence-electron chi connectivity index (χ3n) is 2.49. The maximum absolute atomic E-state index is 5.48. The van der Waals surface area contributed by atoms with Gasteiger partial charge in [-0.05, 0) is 39.1 Å². The lowest BCUT2D eigenvalue weighted by Crippen LogP contribution is -2.22. The lowest BCUT2D eigenvalue weighted by molar-refractivity contribution is 0.340. The van der Waals surface area contributed by atoms with Gasteiger partial charge in [-0.25, -0.2) is 0 Å². The average Bonchev–Trinajstić information content (AvgIpc) is 2.30. The Hall–Kier alpha value is -1.22. The molecular formula is C13H22N2O. The van der Waals surface area contributed by atoms with Crippen molar-refractivity contribution in [2.75, 3.05) is 38.7 Å². The molecule has 0 saturated heterocycles. The van der Waals surface area contributed by atoms with E-state index in [1.54, 1.807) is 0 Å². The van der Waals surface area contributed by atoms with Crippen LogP contribution in [0.4, 0.5) is 5.69 Å². The molecule has 0 fully saturated rings. The van der Waals surface area contributed by atoms with Crippen LogP contribution in [-0.2, 0) is 0 Å². The van der Waals surface area contributed by atoms with Crippen LogP contribution >= 0.6 is 0 Å². The number of nitrogens with one attached hydrogen (secondary N) is 1. The second-order valence-corrected chi connectivity index (χ2v) is 3.81. The average molecular weight is 222 g/mol. The molecule has 1 rings (SSSR count). The Labute approximate surface area is 98.4 Å². The van der Waals surface area contributed by atoms with Crippen LogP contribution in [0.1, 0.15) is 13.3 Å². The summed E-state index contributed by atoms with van der Waals surface area (Å²) in [6.45, 7) is 4.82. The molecular weight excluding hydrogens is 200 g/mol. The highest BCUT2D eigenvalue weighted by Crippen LogP contribution is 2.20. The molecule has 0 unspecified atom stereocenters. The fraction of sp³-hybridized carbons (Fsp3) is 0.538. The third-order valence-corrected chi connectivity index (χ3v) is 2.49. The van der Waals surface area contributed by atoms with Crippen molar-refractivity contribution in [3.8, 4) is 5.75 Å². The maximum Gasteiger partial charge on any atom is 0.121 e. The van der Waals surface area contributed by atoms with Gasteiger partial charge in [0, 0.05) is 25.3 Å². The highest BCUT2D eigenvalue weighted by Gasteiger charge is 2.01. The summed E-state index contributed by atoms with van der Waals surface area (Å²) >= 11 is 0. The minimum atomic E-state index is 0.715. The van der Waals surface area contributed by atoms with Crippen molar-refractivity contribution in [1.82, 2.24) is 5.32 Å². The molecule has 1 N–H and O–H groups in total. The van der Waals surface area contributed by atoms with Crippen LogP contribution in [0.3, 0.4) is 0 Å². The number of benzene rings is 1. The van der Waals surface area contributed by atoms with Crippen LogP contribution in [0, 0.1) is 0 Å². The summed E-state index contributed by atoms with van der Waals surface area (Å²) in [6, 6.07) is 8.23. The van der Waals surface area contributed by atoms with Gasteiger partial charge in [-0.3, -0.25) is 0 Å². The molecule has 16 heavy (non-hydrogen) atoms. The molecule has 0 aromatic heterocycles. The Balaban J connectivity index is 2.53. The van der Waals surface area contributed by atoms with Gasteiger partial charge in [-0.2, -0.15) is 0 Å². The minimum Gasteiger partial charge on any atom is -0.494 e. The number of hydrogen-bond acceptors (Lipinski definition) is 3. The summed E-state index contributed by atoms with van der Waals surface area (Å²) < 4.78 is 5.48. The maximum atomic E-state index is 5.48. The van der Waals surface area contributed by atoms with Gasteiger partial charge in [0.25, 0.3) is 0 Å². The zero-order valence-corrected chi connectivity index (χ0v) is 10.5. The van der Waals surface area contributed by atoms with Crippen molar-refractivity contribution in [3.63, 3.8) is 0 Å². The molecule has 0 bridgehead atoms. The molecule has 1 aromatic rings. The summed E-state index contributed by atoms with van der Waals surface area (Å²) in [4.78, 5) is 2.25. The lowest BCUT2D eigenvalue weighted by Gasteiger charge is -2.19. The second kappa shape index (κ2) is 7.12. The number of hydrogen-bond donors (Lipinski definition) is 1. The van der Waals surface area contributed by atoms with Crippen LogP contribution in [0.2, 0.25) is 0 Å². The van der Waals surface area contributed by atoms with Crippen LogP contribution in [0.5, 0.6) is 5.75 Å². The third kappa shape index (κ3) is 4.11. The fourth-order valence-electron chi connectivity index (χ4n) is 1.60. The smallest absolute Gasteiger partial charge is 0.121 e. The van der Waals surface area contributed by atoms with E-state index in [0.717, 1.165) is 25.3 Å². The largest absolute Gasteiger partial charge is 0.494 e. The van der Waals surface area contributed by atoms with Gasteiger partial charge in [0.05, 0.1) is 6.61 Å². The molecule has 0 amide bonds. The van der Waals surface area contributed by atoms with E-state index in [2.05, 4.69) is 29.4 Å². The van der Waals surface area contributed by atoms with Crippen molar-refractivity contribution in [2.24, 2.45) is 0 Å². The quantitative estimate of drug-likeness (QED) is 0.715. The van der Waals surface area contributed by atoms with E-state index in [9.17, 15) is 0 Å². The molecule has 3 heteroatoms. The number of ether oxygens (including phenoxy) is 1. The van der Waals surface area contributed by atoms with E-state index in [-0.39, 0.29) is 0 Å². The summed E-state index contributed by atoms with van der Waals surface area (Å²) in [5.41, 5.74) is 1.21. The zero-order valence-electron chi connectivity index (χ0n) is 10.5. The van der Waals surface area contributed by atoms with Gasteiger partial charge >= 0.3 is 0 Å². The zero-order chi connectivity index (χ0) is 11.8. The molecule has 0 aliphatic carbocycles. The van der Waals surface area contributed by atoms with Gasteiger partial charge < -0.3 is 15.0 Å². The fourth-order valence-corrected chi connectivity index (χ4v) is 1.60. The van der Waals surface area contributed by atoms with Gasteiger partial charge in [-0.15, -0.1) is 0 Å². The lowest BCUT2D eigenvalue weighted by atomic mass is 10.2. The van der Waals surface area contributed by atoms with E-state index in [1.165, 1.54) is 5.69 Å². The summed E-state index contributed by atoms with van der Waals surface area (Å²) in [5, 5.41) is 3.15. The van der Waals surface area contributed by atoms with Gasteiger partial charge in [0.15, 0.2) is 0 Å². The molecule has 0 heterocycles. The van der Waals surface area contributed by atoms with Crippen molar-refractivity contribution in [3.05, 3.63) is 24.3 Å². The van der Waals surface area contributed by atoms with Crippen LogP contribution in [-0.4, -0.2) is 33.8 Å². The molecule has 90 valence electrons. The highest BCUT2D eigenvalue weighted by atomic mass is 16.5. The minimum absolute atomic E-state index is 0.715. The molecule has 0 aliphatic rings. The molecule has 0 radical (unpaired) electrons. The molecule has 0 atom stereocenters. The van der Waals surface area contributed by atoms with E-state index in [0.29, 0.717) is 6.61 Å². The Bertz CT molecular complexity index is 302. The topological polar surface area (TPSA) is 24.5 Å². The first-order valence-electron chi connectivity index (χ1n) is 5.86. The summed E-state index contributed by atoms with van der Waals surface area (Å²) in [6.07, 6.45) is 1.14. The van der Waals surface area contributed by atoms with Crippen LogP contribution in [0.15, 0.2) is 24.3 Å². The van der Waals surface area contributed by atoms with Crippen LogP contribution < -0.4 is 15.0 Å². The Morgan fingerprint density at radius 2 is 2.19 bits per heavy atom. The summed E-state index contributed by atoms with van der Waals surface area (Å²) in [5.74, 6) is 0.945. The first kappa shape index (κ1) is 12.8. The highest BCUT2D eigenvalue weighted by molar-refractivity contribution is 5.50. The molecule has 3 nitrogen and oxygen atoms in total. The number of rotatable bonds is 7. The van der Waals surface area contributed by atoms with Gasteiger partial charge in [-0.1, -0.05) is 6.07 Å². The Morgan fingerprint density at radius 1 is 1.38 bits per heavy atom. The van der Waals surface area contributed by atoms with Crippen molar-refractivity contribution in [2.45, 2.75) is 13.3 Å². The van der Waals surface area contributed by atoms with Crippen molar-refractivity contribution >= 4 is 5.69 Å². The summed E-state index contributed by atoms with van der Waals surface area (Å²) in [7, 11) is 4.09. The Kier molecular flexibility index (Phi) is 5.72. The predicted octanol–water partition coefficient (Wildman–Crippen LogP) is 2.13. The van der Waals surface area contributed by atoms with E-state index >= 15 is 0 Å². The monoisotopic (exact) mass is 222 g/mol. The normalized spacial score (nSPS) is 10.2. The van der Waals surface area contributed by atoms with Gasteiger partial charge in [0.2, 0.25) is 0 Å². The molecule has 1 aromatic carbocycles.